The van der Waals surface area contributed by atoms with Crippen LogP contribution in [0, 0.1) is 17.6 Å². The zero-order valence-corrected chi connectivity index (χ0v) is 12.6. The van der Waals surface area contributed by atoms with Crippen LogP contribution in [0.1, 0.15) is 48.9 Å². The second kappa shape index (κ2) is 7.64. The number of ketones is 1. The van der Waals surface area contributed by atoms with Gasteiger partial charge < -0.3 is 4.90 Å². The summed E-state index contributed by atoms with van der Waals surface area (Å²) in [4.78, 5) is 14.1. The van der Waals surface area contributed by atoms with E-state index in [9.17, 15) is 13.6 Å². The van der Waals surface area contributed by atoms with Gasteiger partial charge in [0.15, 0.2) is 5.78 Å². The van der Waals surface area contributed by atoms with E-state index in [4.69, 9.17) is 0 Å². The predicted octanol–water partition coefficient (Wildman–Crippen LogP) is 4.05. The molecule has 0 atom stereocenters. The highest BCUT2D eigenvalue weighted by atomic mass is 19.1. The molecule has 0 unspecified atom stereocenters. The van der Waals surface area contributed by atoms with Crippen LogP contribution in [0.2, 0.25) is 0 Å². The van der Waals surface area contributed by atoms with Gasteiger partial charge in [-0.3, -0.25) is 4.79 Å². The maximum Gasteiger partial charge on any atom is 0.164 e. The predicted molar refractivity (Wildman–Crippen MR) is 79.4 cm³/mol. The fourth-order valence-electron chi connectivity index (χ4n) is 3.05. The van der Waals surface area contributed by atoms with Crippen LogP contribution in [0.25, 0.3) is 0 Å². The van der Waals surface area contributed by atoms with Crippen molar-refractivity contribution >= 4 is 5.78 Å². The van der Waals surface area contributed by atoms with Gasteiger partial charge in [0.25, 0.3) is 0 Å². The minimum Gasteiger partial charge on any atom is -0.306 e. The van der Waals surface area contributed by atoms with Crippen LogP contribution < -0.4 is 0 Å². The molecule has 0 spiro atoms. The smallest absolute Gasteiger partial charge is 0.164 e. The molecule has 1 aromatic rings. The van der Waals surface area contributed by atoms with Crippen LogP contribution in [-0.2, 0) is 0 Å². The molecule has 1 aliphatic rings. The maximum absolute atomic E-state index is 13.1. The lowest BCUT2D eigenvalue weighted by Crippen LogP contribution is -2.29. The van der Waals surface area contributed by atoms with E-state index in [1.807, 2.05) is 7.05 Å². The van der Waals surface area contributed by atoms with Crippen molar-refractivity contribution in [3.8, 4) is 0 Å². The van der Waals surface area contributed by atoms with Crippen molar-refractivity contribution in [3.63, 3.8) is 0 Å². The van der Waals surface area contributed by atoms with Crippen molar-refractivity contribution in [3.05, 3.63) is 35.4 Å². The summed E-state index contributed by atoms with van der Waals surface area (Å²) in [6, 6.07) is 2.99. The van der Waals surface area contributed by atoms with Crippen LogP contribution in [-0.4, -0.2) is 30.8 Å². The Bertz CT molecular complexity index is 463. The molecule has 1 aromatic carbocycles. The first-order chi connectivity index (χ1) is 10.0. The number of nitrogens with zero attached hydrogens (tertiary/aromatic N) is 1. The first-order valence-electron chi connectivity index (χ1n) is 7.72. The number of rotatable bonds is 6. The highest BCUT2D eigenvalue weighted by molar-refractivity contribution is 5.96. The quantitative estimate of drug-likeness (QED) is 0.738. The average Bonchev–Trinajstić information content (AvgIpc) is 2.45. The third kappa shape index (κ3) is 5.20. The molecule has 0 heterocycles. The van der Waals surface area contributed by atoms with E-state index in [0.717, 1.165) is 30.7 Å². The van der Waals surface area contributed by atoms with Gasteiger partial charge in [-0.25, -0.2) is 8.78 Å². The Hall–Kier alpha value is -1.29. The zero-order valence-electron chi connectivity index (χ0n) is 12.6. The minimum atomic E-state index is -0.700. The summed E-state index contributed by atoms with van der Waals surface area (Å²) < 4.78 is 26.2. The van der Waals surface area contributed by atoms with Crippen molar-refractivity contribution in [1.29, 1.82) is 0 Å². The average molecular weight is 295 g/mol. The SMILES string of the molecule is CN(CCC(=O)c1cc(F)cc(F)c1)CC1CCCCC1. The molecule has 0 N–H and O–H groups in total. The molecule has 2 rings (SSSR count). The molecule has 1 fully saturated rings. The number of carbonyl (C=O) groups excluding carboxylic acids is 1. The second-order valence-electron chi connectivity index (χ2n) is 6.10. The van der Waals surface area contributed by atoms with Gasteiger partial charge in [0.1, 0.15) is 11.6 Å². The van der Waals surface area contributed by atoms with Gasteiger partial charge in [0.2, 0.25) is 0 Å². The number of carbonyl (C=O) groups is 1. The second-order valence-corrected chi connectivity index (χ2v) is 6.10. The highest BCUT2D eigenvalue weighted by Crippen LogP contribution is 2.24. The molecule has 21 heavy (non-hydrogen) atoms. The fourth-order valence-corrected chi connectivity index (χ4v) is 3.05. The molecule has 0 aliphatic heterocycles. The summed E-state index contributed by atoms with van der Waals surface area (Å²) >= 11 is 0. The standard InChI is InChI=1S/C17H23F2NO/c1-20(12-13-5-3-2-4-6-13)8-7-17(21)14-9-15(18)11-16(19)10-14/h9-11,13H,2-8,12H2,1H3. The van der Waals surface area contributed by atoms with E-state index < -0.39 is 11.6 Å². The van der Waals surface area contributed by atoms with Crippen molar-refractivity contribution in [2.24, 2.45) is 5.92 Å². The van der Waals surface area contributed by atoms with Crippen LogP contribution in [0.15, 0.2) is 18.2 Å². The third-order valence-corrected chi connectivity index (χ3v) is 4.20. The van der Waals surface area contributed by atoms with Gasteiger partial charge in [-0.05, 0) is 37.9 Å². The molecular formula is C17H23F2NO. The Kier molecular flexibility index (Phi) is 5.85. The lowest BCUT2D eigenvalue weighted by molar-refractivity contribution is 0.0963. The number of benzene rings is 1. The Morgan fingerprint density at radius 2 is 1.76 bits per heavy atom. The van der Waals surface area contributed by atoms with E-state index in [-0.39, 0.29) is 11.3 Å². The van der Waals surface area contributed by atoms with Crippen molar-refractivity contribution in [2.45, 2.75) is 38.5 Å². The highest BCUT2D eigenvalue weighted by Gasteiger charge is 2.16. The normalized spacial score (nSPS) is 16.4. The Morgan fingerprint density at radius 1 is 1.14 bits per heavy atom. The lowest BCUT2D eigenvalue weighted by atomic mass is 9.89. The first kappa shape index (κ1) is 16.1. The summed E-state index contributed by atoms with van der Waals surface area (Å²) in [6.45, 7) is 1.64. The van der Waals surface area contributed by atoms with Gasteiger partial charge in [-0.2, -0.15) is 0 Å². The maximum atomic E-state index is 13.1. The third-order valence-electron chi connectivity index (χ3n) is 4.20. The van der Waals surface area contributed by atoms with Crippen molar-refractivity contribution < 1.29 is 13.6 Å². The largest absolute Gasteiger partial charge is 0.306 e. The summed E-state index contributed by atoms with van der Waals surface area (Å²) in [5.41, 5.74) is 0.124. The van der Waals surface area contributed by atoms with E-state index in [0.29, 0.717) is 13.0 Å². The molecule has 1 saturated carbocycles. The van der Waals surface area contributed by atoms with Gasteiger partial charge in [0.05, 0.1) is 0 Å². The van der Waals surface area contributed by atoms with Crippen molar-refractivity contribution in [2.75, 3.05) is 20.1 Å². The molecule has 0 aromatic heterocycles. The van der Waals surface area contributed by atoms with Gasteiger partial charge in [-0.15, -0.1) is 0 Å². The first-order valence-corrected chi connectivity index (χ1v) is 7.72. The van der Waals surface area contributed by atoms with E-state index in [2.05, 4.69) is 4.90 Å². The van der Waals surface area contributed by atoms with Gasteiger partial charge in [0, 0.05) is 31.1 Å². The molecule has 0 saturated heterocycles. The van der Waals surface area contributed by atoms with E-state index in [1.54, 1.807) is 0 Å². The van der Waals surface area contributed by atoms with Crippen molar-refractivity contribution in [1.82, 2.24) is 4.90 Å². The molecule has 1 aliphatic carbocycles. The Balaban J connectivity index is 1.79. The van der Waals surface area contributed by atoms with Crippen LogP contribution >= 0.6 is 0 Å². The van der Waals surface area contributed by atoms with Crippen LogP contribution in [0.3, 0.4) is 0 Å². The lowest BCUT2D eigenvalue weighted by Gasteiger charge is -2.26. The van der Waals surface area contributed by atoms with Gasteiger partial charge >= 0.3 is 0 Å². The summed E-state index contributed by atoms with van der Waals surface area (Å²) in [5, 5.41) is 0. The van der Waals surface area contributed by atoms with E-state index in [1.165, 1.54) is 32.1 Å². The minimum absolute atomic E-state index is 0.124. The molecular weight excluding hydrogens is 272 g/mol. The summed E-state index contributed by atoms with van der Waals surface area (Å²) in [5.74, 6) is -0.878. The molecule has 116 valence electrons. The topological polar surface area (TPSA) is 20.3 Å². The van der Waals surface area contributed by atoms with Crippen LogP contribution in [0.4, 0.5) is 8.78 Å². The summed E-state index contributed by atoms with van der Waals surface area (Å²) in [6.07, 6.45) is 6.79. The number of hydrogen-bond acceptors (Lipinski definition) is 2. The molecule has 0 amide bonds. The number of hydrogen-bond donors (Lipinski definition) is 0. The summed E-state index contributed by atoms with van der Waals surface area (Å²) in [7, 11) is 2.01. The number of Topliss-reactive ketones (excluding diaryl/α,β-unsaturated/α-hetero) is 1. The Labute approximate surface area is 125 Å². The molecule has 2 nitrogen and oxygen atoms in total. The number of halogens is 2. The van der Waals surface area contributed by atoms with Gasteiger partial charge in [-0.1, -0.05) is 19.3 Å². The molecule has 4 heteroatoms. The zero-order chi connectivity index (χ0) is 15.2. The molecule has 0 radical (unpaired) electrons. The monoisotopic (exact) mass is 295 g/mol. The van der Waals surface area contributed by atoms with Crippen LogP contribution in [0.5, 0.6) is 0 Å². The molecule has 0 bridgehead atoms. The Morgan fingerprint density at radius 3 is 2.38 bits per heavy atom. The van der Waals surface area contributed by atoms with E-state index >= 15 is 0 Å². The fraction of sp³-hybridized carbons (Fsp3) is 0.588.